The molecule has 0 aliphatic heterocycles. The molecule has 2 rings (SSSR count). The quantitative estimate of drug-likeness (QED) is 0.320. The van der Waals surface area contributed by atoms with Crippen LogP contribution in [-0.4, -0.2) is 0 Å². The normalized spacial score (nSPS) is 12.4. The Labute approximate surface area is 151 Å². The first-order chi connectivity index (χ1) is 9.56. The van der Waals surface area contributed by atoms with Gasteiger partial charge in [-0.1, -0.05) is 63.9 Å². The van der Waals surface area contributed by atoms with Crippen molar-refractivity contribution in [2.75, 3.05) is 0 Å². The van der Waals surface area contributed by atoms with E-state index in [4.69, 9.17) is 0 Å². The Morgan fingerprint density at radius 2 is 1.75 bits per heavy atom. The lowest BCUT2D eigenvalue weighted by atomic mass is 9.95. The van der Waals surface area contributed by atoms with Gasteiger partial charge in [-0.05, 0) is 75.9 Å². The molecule has 2 aromatic rings. The predicted octanol–water partition coefficient (Wildman–Crippen LogP) is 6.66. The third-order valence-electron chi connectivity index (χ3n) is 3.50. The molecule has 0 bridgehead atoms. The second-order valence-corrected chi connectivity index (χ2v) is 7.78. The van der Waals surface area contributed by atoms with Gasteiger partial charge in [0.15, 0.2) is 0 Å². The number of halogens is 3. The highest BCUT2D eigenvalue weighted by atomic mass is 127. The molecule has 0 aliphatic carbocycles. The van der Waals surface area contributed by atoms with Crippen molar-refractivity contribution >= 4 is 54.5 Å². The van der Waals surface area contributed by atoms with Gasteiger partial charge in [-0.25, -0.2) is 0 Å². The molecule has 20 heavy (non-hydrogen) atoms. The van der Waals surface area contributed by atoms with Gasteiger partial charge in [-0.2, -0.15) is 0 Å². The zero-order valence-electron chi connectivity index (χ0n) is 11.6. The van der Waals surface area contributed by atoms with Crippen molar-refractivity contribution in [3.63, 3.8) is 0 Å². The summed E-state index contributed by atoms with van der Waals surface area (Å²) in [5, 5.41) is 0. The summed E-state index contributed by atoms with van der Waals surface area (Å²) in [6, 6.07) is 13.3. The van der Waals surface area contributed by atoms with E-state index in [0.29, 0.717) is 0 Å². The van der Waals surface area contributed by atoms with Crippen LogP contribution in [-0.2, 0) is 12.8 Å². The highest BCUT2D eigenvalue weighted by Crippen LogP contribution is 2.38. The van der Waals surface area contributed by atoms with E-state index in [1.165, 1.54) is 25.8 Å². The lowest BCUT2D eigenvalue weighted by Gasteiger charge is -2.18. The maximum atomic E-state index is 3.90. The van der Waals surface area contributed by atoms with Gasteiger partial charge in [-0.15, -0.1) is 0 Å². The SMILES string of the molecule is CCc1ccc(CC)c(C(Br)c2cc(I)ccc2Br)c1. The molecule has 0 aromatic heterocycles. The Bertz CT molecular complexity index is 608. The molecule has 0 radical (unpaired) electrons. The Morgan fingerprint density at radius 3 is 2.40 bits per heavy atom. The van der Waals surface area contributed by atoms with E-state index in [1.807, 2.05) is 0 Å². The van der Waals surface area contributed by atoms with E-state index in [9.17, 15) is 0 Å². The van der Waals surface area contributed by atoms with Crippen molar-refractivity contribution < 1.29 is 0 Å². The monoisotopic (exact) mass is 506 g/mol. The maximum Gasteiger partial charge on any atom is 0.0658 e. The number of benzene rings is 2. The molecular weight excluding hydrogens is 491 g/mol. The van der Waals surface area contributed by atoms with Crippen molar-refractivity contribution in [1.29, 1.82) is 0 Å². The molecule has 0 saturated carbocycles. The minimum atomic E-state index is 0.230. The van der Waals surface area contributed by atoms with Crippen LogP contribution in [0.2, 0.25) is 0 Å². The van der Waals surface area contributed by atoms with Crippen LogP contribution in [0.5, 0.6) is 0 Å². The van der Waals surface area contributed by atoms with Gasteiger partial charge in [0.05, 0.1) is 4.83 Å². The predicted molar refractivity (Wildman–Crippen MR) is 103 cm³/mol. The van der Waals surface area contributed by atoms with E-state index in [0.717, 1.165) is 17.3 Å². The van der Waals surface area contributed by atoms with Crippen LogP contribution in [0.4, 0.5) is 0 Å². The molecule has 0 nitrogen and oxygen atoms in total. The summed E-state index contributed by atoms with van der Waals surface area (Å²) >= 11 is 9.94. The topological polar surface area (TPSA) is 0 Å². The van der Waals surface area contributed by atoms with E-state index < -0.39 is 0 Å². The fraction of sp³-hybridized carbons (Fsp3) is 0.294. The van der Waals surface area contributed by atoms with Crippen LogP contribution in [0, 0.1) is 3.57 Å². The van der Waals surface area contributed by atoms with Gasteiger partial charge in [0, 0.05) is 8.04 Å². The molecule has 0 saturated heterocycles. The Balaban J connectivity index is 2.51. The summed E-state index contributed by atoms with van der Waals surface area (Å²) in [6.45, 7) is 4.42. The van der Waals surface area contributed by atoms with Crippen LogP contribution in [0.15, 0.2) is 40.9 Å². The molecule has 0 spiro atoms. The molecular formula is C17H17Br2I. The van der Waals surface area contributed by atoms with Gasteiger partial charge in [-0.3, -0.25) is 0 Å². The first-order valence-corrected chi connectivity index (χ1v) is 9.56. The summed E-state index contributed by atoms with van der Waals surface area (Å²) < 4.78 is 2.42. The summed E-state index contributed by atoms with van der Waals surface area (Å²) in [4.78, 5) is 0.230. The molecule has 0 amide bonds. The number of aryl methyl sites for hydroxylation is 2. The highest BCUT2D eigenvalue weighted by molar-refractivity contribution is 14.1. The third-order valence-corrected chi connectivity index (χ3v) is 5.88. The second-order valence-electron chi connectivity index (χ2n) is 4.77. The van der Waals surface area contributed by atoms with E-state index in [-0.39, 0.29) is 4.83 Å². The molecule has 0 N–H and O–H groups in total. The summed E-state index contributed by atoms with van der Waals surface area (Å²) in [5.74, 6) is 0. The zero-order valence-corrected chi connectivity index (χ0v) is 16.9. The molecule has 0 heterocycles. The summed E-state index contributed by atoms with van der Waals surface area (Å²) in [5.41, 5.74) is 5.48. The third kappa shape index (κ3) is 3.66. The van der Waals surface area contributed by atoms with Gasteiger partial charge >= 0.3 is 0 Å². The zero-order chi connectivity index (χ0) is 14.7. The standard InChI is InChI=1S/C17H17Br2I/c1-3-11-5-6-12(4-2)14(9-11)17(19)15-10-13(20)7-8-16(15)18/h5-10,17H,3-4H2,1-2H3. The van der Waals surface area contributed by atoms with E-state index in [1.54, 1.807) is 0 Å². The van der Waals surface area contributed by atoms with Crippen molar-refractivity contribution in [3.8, 4) is 0 Å². The lowest BCUT2D eigenvalue weighted by Crippen LogP contribution is -2.01. The smallest absolute Gasteiger partial charge is 0.0658 e. The summed E-state index contributed by atoms with van der Waals surface area (Å²) in [6.07, 6.45) is 2.13. The Hall–Kier alpha value is 0.130. The molecule has 0 fully saturated rings. The average Bonchev–Trinajstić information content (AvgIpc) is 2.48. The van der Waals surface area contributed by atoms with Gasteiger partial charge < -0.3 is 0 Å². The number of hydrogen-bond acceptors (Lipinski definition) is 0. The molecule has 1 unspecified atom stereocenters. The lowest BCUT2D eigenvalue weighted by molar-refractivity contribution is 1.03. The van der Waals surface area contributed by atoms with E-state index in [2.05, 4.69) is 105 Å². The van der Waals surface area contributed by atoms with Crippen molar-refractivity contribution in [1.82, 2.24) is 0 Å². The number of rotatable bonds is 4. The van der Waals surface area contributed by atoms with Crippen molar-refractivity contribution in [2.24, 2.45) is 0 Å². The maximum absolute atomic E-state index is 3.90. The minimum absolute atomic E-state index is 0.230. The van der Waals surface area contributed by atoms with E-state index >= 15 is 0 Å². The van der Waals surface area contributed by atoms with Gasteiger partial charge in [0.2, 0.25) is 0 Å². The largest absolute Gasteiger partial charge is 0.0786 e. The fourth-order valence-corrected chi connectivity index (χ4v) is 4.40. The van der Waals surface area contributed by atoms with Crippen molar-refractivity contribution in [2.45, 2.75) is 31.5 Å². The van der Waals surface area contributed by atoms with Crippen molar-refractivity contribution in [3.05, 3.63) is 66.7 Å². The molecule has 2 aromatic carbocycles. The average molecular weight is 508 g/mol. The molecule has 1 atom stereocenters. The number of hydrogen-bond donors (Lipinski definition) is 0. The molecule has 3 heteroatoms. The first-order valence-electron chi connectivity index (χ1n) is 6.77. The minimum Gasteiger partial charge on any atom is -0.0786 e. The van der Waals surface area contributed by atoms with Crippen LogP contribution in [0.3, 0.4) is 0 Å². The van der Waals surface area contributed by atoms with Crippen LogP contribution >= 0.6 is 54.5 Å². The summed E-state index contributed by atoms with van der Waals surface area (Å²) in [7, 11) is 0. The fourth-order valence-electron chi connectivity index (χ4n) is 2.30. The molecule has 0 aliphatic rings. The van der Waals surface area contributed by atoms with Crippen LogP contribution in [0.1, 0.15) is 40.9 Å². The van der Waals surface area contributed by atoms with Gasteiger partial charge in [0.1, 0.15) is 0 Å². The van der Waals surface area contributed by atoms with Gasteiger partial charge in [0.25, 0.3) is 0 Å². The Kier molecular flexibility index (Phi) is 6.11. The molecule has 106 valence electrons. The first kappa shape index (κ1) is 16.5. The highest BCUT2D eigenvalue weighted by Gasteiger charge is 2.17. The van der Waals surface area contributed by atoms with Crippen LogP contribution in [0.25, 0.3) is 0 Å². The number of alkyl halides is 1. The Morgan fingerprint density at radius 1 is 1.00 bits per heavy atom. The second kappa shape index (κ2) is 7.41. The van der Waals surface area contributed by atoms with Crippen LogP contribution < -0.4 is 0 Å².